The first kappa shape index (κ1) is 16.7. The summed E-state index contributed by atoms with van der Waals surface area (Å²) < 4.78 is 1.61. The molecular formula is C19H22N6O. The van der Waals surface area contributed by atoms with Crippen LogP contribution in [0.2, 0.25) is 0 Å². The van der Waals surface area contributed by atoms with Crippen LogP contribution in [0.25, 0.3) is 22.2 Å². The van der Waals surface area contributed by atoms with Crippen LogP contribution in [0.15, 0.2) is 42.7 Å². The molecule has 1 aliphatic rings. The van der Waals surface area contributed by atoms with Gasteiger partial charge in [-0.25, -0.2) is 4.68 Å². The molecule has 7 heteroatoms. The Balaban J connectivity index is 1.47. The molecular weight excluding hydrogens is 328 g/mol. The molecule has 0 radical (unpaired) electrons. The second kappa shape index (κ2) is 7.21. The van der Waals surface area contributed by atoms with Gasteiger partial charge in [0, 0.05) is 36.8 Å². The van der Waals surface area contributed by atoms with Crippen LogP contribution in [0.3, 0.4) is 0 Å². The smallest absolute Gasteiger partial charge is 0.244 e. The van der Waals surface area contributed by atoms with Gasteiger partial charge in [-0.15, -0.1) is 5.10 Å². The summed E-state index contributed by atoms with van der Waals surface area (Å²) in [6.45, 7) is 3.74. The van der Waals surface area contributed by atoms with Crippen molar-refractivity contribution in [2.75, 3.05) is 33.2 Å². The summed E-state index contributed by atoms with van der Waals surface area (Å²) in [5.41, 5.74) is 2.58. The molecule has 134 valence electrons. The number of benzene rings is 1. The SMILES string of the molecule is CN1CCCN(C(=O)Cn2cc(-c3cnc4ccccc4c3)nn2)CC1. The van der Waals surface area contributed by atoms with Gasteiger partial charge in [-0.2, -0.15) is 0 Å². The standard InChI is InChI=1S/C19H22N6O/c1-23-7-4-8-24(10-9-23)19(26)14-25-13-18(21-22-25)16-11-15-5-2-3-6-17(15)20-12-16/h2-3,5-6,11-13H,4,7-10,14H2,1H3. The highest BCUT2D eigenvalue weighted by Crippen LogP contribution is 2.20. The van der Waals surface area contributed by atoms with Crippen LogP contribution in [0, 0.1) is 0 Å². The Labute approximate surface area is 152 Å². The molecule has 1 saturated heterocycles. The molecule has 1 amide bonds. The second-order valence-corrected chi connectivity index (χ2v) is 6.76. The van der Waals surface area contributed by atoms with Crippen molar-refractivity contribution in [1.29, 1.82) is 0 Å². The Kier molecular flexibility index (Phi) is 4.62. The van der Waals surface area contributed by atoms with Crippen LogP contribution in [0.4, 0.5) is 0 Å². The van der Waals surface area contributed by atoms with Crippen LogP contribution in [-0.4, -0.2) is 68.9 Å². The van der Waals surface area contributed by atoms with Gasteiger partial charge in [-0.05, 0) is 32.1 Å². The van der Waals surface area contributed by atoms with Crippen molar-refractivity contribution in [3.63, 3.8) is 0 Å². The third kappa shape index (κ3) is 3.57. The quantitative estimate of drug-likeness (QED) is 0.719. The molecule has 26 heavy (non-hydrogen) atoms. The number of fused-ring (bicyclic) bond motifs is 1. The maximum atomic E-state index is 12.6. The summed E-state index contributed by atoms with van der Waals surface area (Å²) in [5.74, 6) is 0.0911. The lowest BCUT2D eigenvalue weighted by Crippen LogP contribution is -2.36. The van der Waals surface area contributed by atoms with E-state index in [2.05, 4.69) is 27.2 Å². The van der Waals surface area contributed by atoms with Crippen molar-refractivity contribution in [3.05, 3.63) is 42.7 Å². The molecule has 3 heterocycles. The number of nitrogens with zero attached hydrogens (tertiary/aromatic N) is 6. The molecule has 0 saturated carbocycles. The van der Waals surface area contributed by atoms with Gasteiger partial charge < -0.3 is 9.80 Å². The van der Waals surface area contributed by atoms with Crippen LogP contribution >= 0.6 is 0 Å². The number of carbonyl (C=O) groups is 1. The first-order valence-corrected chi connectivity index (χ1v) is 8.91. The predicted octanol–water partition coefficient (Wildman–Crippen LogP) is 1.66. The lowest BCUT2D eigenvalue weighted by Gasteiger charge is -2.20. The fourth-order valence-corrected chi connectivity index (χ4v) is 3.25. The topological polar surface area (TPSA) is 67.2 Å². The average Bonchev–Trinajstić information content (AvgIpc) is 3.01. The number of aromatic nitrogens is 4. The summed E-state index contributed by atoms with van der Waals surface area (Å²) in [6, 6.07) is 10.0. The van der Waals surface area contributed by atoms with Crippen LogP contribution < -0.4 is 0 Å². The molecule has 0 bridgehead atoms. The van der Waals surface area contributed by atoms with Gasteiger partial charge in [0.15, 0.2) is 0 Å². The van der Waals surface area contributed by atoms with E-state index in [0.717, 1.165) is 54.8 Å². The highest BCUT2D eigenvalue weighted by Gasteiger charge is 2.18. The molecule has 1 aliphatic heterocycles. The molecule has 0 unspecified atom stereocenters. The summed E-state index contributed by atoms with van der Waals surface area (Å²) in [6.07, 6.45) is 4.62. The van der Waals surface area contributed by atoms with Crippen molar-refractivity contribution in [1.82, 2.24) is 29.8 Å². The van der Waals surface area contributed by atoms with Crippen molar-refractivity contribution < 1.29 is 4.79 Å². The monoisotopic (exact) mass is 350 g/mol. The van der Waals surface area contributed by atoms with Gasteiger partial charge in [0.05, 0.1) is 11.7 Å². The van der Waals surface area contributed by atoms with E-state index < -0.39 is 0 Å². The average molecular weight is 350 g/mol. The van der Waals surface area contributed by atoms with Crippen molar-refractivity contribution in [3.8, 4) is 11.3 Å². The van der Waals surface area contributed by atoms with Gasteiger partial charge in [0.25, 0.3) is 0 Å². The molecule has 2 aromatic heterocycles. The molecule has 0 N–H and O–H groups in total. The third-order valence-electron chi connectivity index (χ3n) is 4.79. The van der Waals surface area contributed by atoms with Gasteiger partial charge >= 0.3 is 0 Å². The van der Waals surface area contributed by atoms with E-state index in [-0.39, 0.29) is 12.5 Å². The van der Waals surface area contributed by atoms with E-state index in [4.69, 9.17) is 0 Å². The highest BCUT2D eigenvalue weighted by atomic mass is 16.2. The Hall–Kier alpha value is -2.80. The van der Waals surface area contributed by atoms with Crippen LogP contribution in [0.1, 0.15) is 6.42 Å². The zero-order chi connectivity index (χ0) is 17.9. The fourth-order valence-electron chi connectivity index (χ4n) is 3.25. The molecule has 3 aromatic rings. The van der Waals surface area contributed by atoms with E-state index in [1.807, 2.05) is 41.4 Å². The summed E-state index contributed by atoms with van der Waals surface area (Å²) in [5, 5.41) is 9.40. The lowest BCUT2D eigenvalue weighted by atomic mass is 10.1. The van der Waals surface area contributed by atoms with Gasteiger partial charge in [-0.1, -0.05) is 23.4 Å². The van der Waals surface area contributed by atoms with Gasteiger partial charge in [0.2, 0.25) is 5.91 Å². The summed E-state index contributed by atoms with van der Waals surface area (Å²) in [7, 11) is 2.09. The van der Waals surface area contributed by atoms with Gasteiger partial charge in [0.1, 0.15) is 12.2 Å². The minimum absolute atomic E-state index is 0.0911. The normalized spacial score (nSPS) is 16.0. The summed E-state index contributed by atoms with van der Waals surface area (Å²) in [4.78, 5) is 21.2. The number of amides is 1. The molecule has 4 rings (SSSR count). The minimum atomic E-state index is 0.0911. The zero-order valence-corrected chi connectivity index (χ0v) is 14.9. The lowest BCUT2D eigenvalue weighted by molar-refractivity contribution is -0.131. The fraction of sp³-hybridized carbons (Fsp3) is 0.368. The Morgan fingerprint density at radius 2 is 2.04 bits per heavy atom. The predicted molar refractivity (Wildman–Crippen MR) is 99.5 cm³/mol. The zero-order valence-electron chi connectivity index (χ0n) is 14.9. The maximum absolute atomic E-state index is 12.6. The molecule has 0 spiro atoms. The molecule has 7 nitrogen and oxygen atoms in total. The van der Waals surface area contributed by atoms with Crippen LogP contribution in [-0.2, 0) is 11.3 Å². The van der Waals surface area contributed by atoms with Crippen LogP contribution in [0.5, 0.6) is 0 Å². The van der Waals surface area contributed by atoms with E-state index in [1.54, 1.807) is 10.9 Å². The number of hydrogen-bond acceptors (Lipinski definition) is 5. The molecule has 0 atom stereocenters. The number of para-hydroxylation sites is 1. The summed E-state index contributed by atoms with van der Waals surface area (Å²) >= 11 is 0. The van der Waals surface area contributed by atoms with Crippen molar-refractivity contribution in [2.45, 2.75) is 13.0 Å². The third-order valence-corrected chi connectivity index (χ3v) is 4.79. The maximum Gasteiger partial charge on any atom is 0.244 e. The largest absolute Gasteiger partial charge is 0.340 e. The number of pyridine rings is 1. The minimum Gasteiger partial charge on any atom is -0.340 e. The first-order valence-electron chi connectivity index (χ1n) is 8.91. The van der Waals surface area contributed by atoms with Crippen molar-refractivity contribution in [2.24, 2.45) is 0 Å². The first-order chi connectivity index (χ1) is 12.7. The number of carbonyl (C=O) groups excluding carboxylic acids is 1. The highest BCUT2D eigenvalue weighted by molar-refractivity contribution is 5.82. The number of rotatable bonds is 3. The van der Waals surface area contributed by atoms with Gasteiger partial charge in [-0.3, -0.25) is 9.78 Å². The van der Waals surface area contributed by atoms with Crippen molar-refractivity contribution >= 4 is 16.8 Å². The Morgan fingerprint density at radius 3 is 2.96 bits per heavy atom. The molecule has 1 aromatic carbocycles. The number of hydrogen-bond donors (Lipinski definition) is 0. The Bertz CT molecular complexity index is 921. The second-order valence-electron chi connectivity index (χ2n) is 6.76. The molecule has 0 aliphatic carbocycles. The molecule has 1 fully saturated rings. The van der Waals surface area contributed by atoms with E-state index in [0.29, 0.717) is 0 Å². The van der Waals surface area contributed by atoms with E-state index >= 15 is 0 Å². The number of likely N-dealkylation sites (N-methyl/N-ethyl adjacent to an activating group) is 1. The Morgan fingerprint density at radius 1 is 1.15 bits per heavy atom. The van der Waals surface area contributed by atoms with E-state index in [1.165, 1.54) is 0 Å². The van der Waals surface area contributed by atoms with E-state index in [9.17, 15) is 4.79 Å².